The molecule has 2 nitrogen and oxygen atoms in total. The Morgan fingerprint density at radius 1 is 0.895 bits per heavy atom. The number of aryl methyl sites for hydroxylation is 1. The minimum Gasteiger partial charge on any atom is -0.465 e. The minimum atomic E-state index is -0.311. The van der Waals surface area contributed by atoms with Crippen molar-refractivity contribution in [2.45, 2.75) is 6.92 Å². The van der Waals surface area contributed by atoms with Gasteiger partial charge >= 0.3 is 5.97 Å². The van der Waals surface area contributed by atoms with Crippen LogP contribution >= 0.6 is 0 Å². The van der Waals surface area contributed by atoms with E-state index in [1.165, 1.54) is 12.7 Å². The van der Waals surface area contributed by atoms with Crippen molar-refractivity contribution in [2.24, 2.45) is 0 Å². The summed E-state index contributed by atoms with van der Waals surface area (Å²) in [6, 6.07) is 15.7. The lowest BCUT2D eigenvalue weighted by molar-refractivity contribution is 0.0601. The summed E-state index contributed by atoms with van der Waals surface area (Å²) in [6.07, 6.45) is 4.07. The molecule has 0 bridgehead atoms. The SMILES string of the molecule is COC(=O)c1ccc(/C=C/c2ccc(C)cc2)cc1. The summed E-state index contributed by atoms with van der Waals surface area (Å²) < 4.78 is 4.66. The molecular formula is C17H16O2. The van der Waals surface area contributed by atoms with Gasteiger partial charge in [-0.15, -0.1) is 0 Å². The molecule has 0 N–H and O–H groups in total. The minimum absolute atomic E-state index is 0.311. The van der Waals surface area contributed by atoms with Gasteiger partial charge in [0.15, 0.2) is 0 Å². The van der Waals surface area contributed by atoms with Gasteiger partial charge < -0.3 is 4.74 Å². The van der Waals surface area contributed by atoms with Gasteiger partial charge in [0.1, 0.15) is 0 Å². The van der Waals surface area contributed by atoms with E-state index >= 15 is 0 Å². The van der Waals surface area contributed by atoms with Crippen LogP contribution in [0.15, 0.2) is 48.5 Å². The fourth-order valence-electron chi connectivity index (χ4n) is 1.72. The molecule has 0 aliphatic heterocycles. The third kappa shape index (κ3) is 3.55. The Balaban J connectivity index is 2.11. The first-order chi connectivity index (χ1) is 9.19. The van der Waals surface area contributed by atoms with Crippen LogP contribution in [0.3, 0.4) is 0 Å². The van der Waals surface area contributed by atoms with E-state index in [1.807, 2.05) is 24.3 Å². The predicted octanol–water partition coefficient (Wildman–Crippen LogP) is 3.95. The monoisotopic (exact) mass is 252 g/mol. The summed E-state index contributed by atoms with van der Waals surface area (Å²) in [4.78, 5) is 11.3. The maximum absolute atomic E-state index is 11.3. The van der Waals surface area contributed by atoms with Crippen molar-refractivity contribution in [3.63, 3.8) is 0 Å². The molecule has 19 heavy (non-hydrogen) atoms. The number of carbonyl (C=O) groups is 1. The van der Waals surface area contributed by atoms with Gasteiger partial charge in [-0.3, -0.25) is 0 Å². The van der Waals surface area contributed by atoms with Gasteiger partial charge in [-0.25, -0.2) is 4.79 Å². The molecule has 0 saturated carbocycles. The molecule has 0 aliphatic rings. The van der Waals surface area contributed by atoms with Crippen molar-refractivity contribution in [3.8, 4) is 0 Å². The van der Waals surface area contributed by atoms with Crippen LogP contribution in [0, 0.1) is 6.92 Å². The van der Waals surface area contributed by atoms with E-state index in [4.69, 9.17) is 0 Å². The Kier molecular flexibility index (Phi) is 4.14. The molecule has 0 fully saturated rings. The number of carbonyl (C=O) groups excluding carboxylic acids is 1. The fraction of sp³-hybridized carbons (Fsp3) is 0.118. The van der Waals surface area contributed by atoms with Crippen LogP contribution in [-0.4, -0.2) is 13.1 Å². The average molecular weight is 252 g/mol. The summed E-state index contributed by atoms with van der Waals surface area (Å²) in [5.74, 6) is -0.311. The molecule has 0 aliphatic carbocycles. The van der Waals surface area contributed by atoms with Crippen LogP contribution in [0.2, 0.25) is 0 Å². The summed E-state index contributed by atoms with van der Waals surface area (Å²) in [6.45, 7) is 2.07. The lowest BCUT2D eigenvalue weighted by atomic mass is 10.1. The molecular weight excluding hydrogens is 236 g/mol. The lowest BCUT2D eigenvalue weighted by Gasteiger charge is -1.99. The molecule has 0 spiro atoms. The van der Waals surface area contributed by atoms with Crippen molar-refractivity contribution in [1.82, 2.24) is 0 Å². The Bertz CT molecular complexity index is 578. The third-order valence-electron chi connectivity index (χ3n) is 2.88. The van der Waals surface area contributed by atoms with Gasteiger partial charge in [-0.05, 0) is 30.2 Å². The van der Waals surface area contributed by atoms with Crippen LogP contribution in [0.25, 0.3) is 12.2 Å². The number of ether oxygens (including phenoxy) is 1. The predicted molar refractivity (Wildman–Crippen MR) is 77.9 cm³/mol. The second kappa shape index (κ2) is 6.01. The number of esters is 1. The van der Waals surface area contributed by atoms with Gasteiger partial charge in [0.25, 0.3) is 0 Å². The first-order valence-corrected chi connectivity index (χ1v) is 6.12. The van der Waals surface area contributed by atoms with E-state index in [9.17, 15) is 4.79 Å². The molecule has 0 amide bonds. The van der Waals surface area contributed by atoms with E-state index in [2.05, 4.69) is 35.9 Å². The molecule has 2 aromatic carbocycles. The van der Waals surface area contributed by atoms with Crippen molar-refractivity contribution in [2.75, 3.05) is 7.11 Å². The number of hydrogen-bond donors (Lipinski definition) is 0. The van der Waals surface area contributed by atoms with Gasteiger partial charge in [0.2, 0.25) is 0 Å². The summed E-state index contributed by atoms with van der Waals surface area (Å²) in [5, 5.41) is 0. The lowest BCUT2D eigenvalue weighted by Crippen LogP contribution is -2.00. The smallest absolute Gasteiger partial charge is 0.337 e. The number of hydrogen-bond acceptors (Lipinski definition) is 2. The van der Waals surface area contributed by atoms with Gasteiger partial charge in [0, 0.05) is 0 Å². The van der Waals surface area contributed by atoms with Gasteiger partial charge in [-0.1, -0.05) is 54.1 Å². The van der Waals surface area contributed by atoms with Gasteiger partial charge in [-0.2, -0.15) is 0 Å². The quantitative estimate of drug-likeness (QED) is 0.610. The maximum atomic E-state index is 11.3. The molecule has 96 valence electrons. The largest absolute Gasteiger partial charge is 0.465 e. The van der Waals surface area contributed by atoms with E-state index in [0.29, 0.717) is 5.56 Å². The van der Waals surface area contributed by atoms with E-state index in [0.717, 1.165) is 11.1 Å². The summed E-state index contributed by atoms with van der Waals surface area (Å²) in [5.41, 5.74) is 4.02. The summed E-state index contributed by atoms with van der Waals surface area (Å²) in [7, 11) is 1.38. The molecule has 2 aromatic rings. The molecule has 0 aromatic heterocycles. The van der Waals surface area contributed by atoms with Crippen molar-refractivity contribution in [3.05, 3.63) is 70.8 Å². The summed E-state index contributed by atoms with van der Waals surface area (Å²) >= 11 is 0. The highest BCUT2D eigenvalue weighted by atomic mass is 16.5. The zero-order valence-corrected chi connectivity index (χ0v) is 11.1. The van der Waals surface area contributed by atoms with Crippen LogP contribution in [0.4, 0.5) is 0 Å². The fourth-order valence-corrected chi connectivity index (χ4v) is 1.72. The standard InChI is InChI=1S/C17H16O2/c1-13-3-5-14(6-4-13)7-8-15-9-11-16(12-10-15)17(18)19-2/h3-12H,1-2H3/b8-7+. The second-order valence-electron chi connectivity index (χ2n) is 4.36. The highest BCUT2D eigenvalue weighted by molar-refractivity contribution is 5.89. The Labute approximate surface area is 113 Å². The normalized spacial score (nSPS) is 10.6. The Hall–Kier alpha value is -2.35. The molecule has 2 heteroatoms. The van der Waals surface area contributed by atoms with Crippen molar-refractivity contribution >= 4 is 18.1 Å². The molecule has 0 saturated heterocycles. The molecule has 0 heterocycles. The zero-order chi connectivity index (χ0) is 13.7. The molecule has 0 atom stereocenters. The van der Waals surface area contributed by atoms with Crippen LogP contribution in [0.1, 0.15) is 27.0 Å². The topological polar surface area (TPSA) is 26.3 Å². The van der Waals surface area contributed by atoms with Crippen molar-refractivity contribution in [1.29, 1.82) is 0 Å². The molecule has 2 rings (SSSR count). The van der Waals surface area contributed by atoms with E-state index < -0.39 is 0 Å². The van der Waals surface area contributed by atoms with Crippen LogP contribution in [0.5, 0.6) is 0 Å². The first kappa shape index (κ1) is 13.1. The van der Waals surface area contributed by atoms with Gasteiger partial charge in [0.05, 0.1) is 12.7 Å². The third-order valence-corrected chi connectivity index (χ3v) is 2.88. The number of methoxy groups -OCH3 is 1. The Morgan fingerprint density at radius 2 is 1.37 bits per heavy atom. The zero-order valence-electron chi connectivity index (χ0n) is 11.1. The average Bonchev–Trinajstić information content (AvgIpc) is 2.46. The van der Waals surface area contributed by atoms with Crippen LogP contribution in [-0.2, 0) is 4.74 Å². The van der Waals surface area contributed by atoms with Crippen molar-refractivity contribution < 1.29 is 9.53 Å². The second-order valence-corrected chi connectivity index (χ2v) is 4.36. The molecule has 0 unspecified atom stereocenters. The number of benzene rings is 2. The highest BCUT2D eigenvalue weighted by Gasteiger charge is 2.02. The molecule has 0 radical (unpaired) electrons. The Morgan fingerprint density at radius 3 is 1.84 bits per heavy atom. The number of rotatable bonds is 3. The van der Waals surface area contributed by atoms with Crippen LogP contribution < -0.4 is 0 Å². The highest BCUT2D eigenvalue weighted by Crippen LogP contribution is 2.11. The maximum Gasteiger partial charge on any atom is 0.337 e. The van der Waals surface area contributed by atoms with E-state index in [1.54, 1.807) is 12.1 Å². The first-order valence-electron chi connectivity index (χ1n) is 6.12. The van der Waals surface area contributed by atoms with E-state index in [-0.39, 0.29) is 5.97 Å².